The molecule has 4 nitrogen and oxygen atoms in total. The number of aromatic hydroxyl groups is 1. The van der Waals surface area contributed by atoms with Gasteiger partial charge in [-0.25, -0.2) is 4.79 Å². The summed E-state index contributed by atoms with van der Waals surface area (Å²) in [7, 11) is 0. The maximum Gasteiger partial charge on any atom is 0.338 e. The molecule has 0 aliphatic carbocycles. The van der Waals surface area contributed by atoms with Crippen LogP contribution in [0.15, 0.2) is 18.2 Å². The van der Waals surface area contributed by atoms with Gasteiger partial charge in [0.15, 0.2) is 0 Å². The van der Waals surface area contributed by atoms with Crippen LogP contribution < -0.4 is 5.73 Å². The molecule has 1 aromatic carbocycles. The molecule has 3 N–H and O–H groups in total. The molecular formula is C12H17NO3. The molecule has 0 aromatic heterocycles. The molecule has 0 radical (unpaired) electrons. The van der Waals surface area contributed by atoms with Gasteiger partial charge in [-0.05, 0) is 24.6 Å². The molecule has 0 fully saturated rings. The number of hydrogen-bond acceptors (Lipinski definition) is 4. The van der Waals surface area contributed by atoms with Gasteiger partial charge in [0.1, 0.15) is 5.75 Å². The third kappa shape index (κ3) is 3.46. The van der Waals surface area contributed by atoms with Crippen LogP contribution >= 0.6 is 0 Å². The van der Waals surface area contributed by atoms with E-state index in [4.69, 9.17) is 10.5 Å². The minimum absolute atomic E-state index is 0.0944. The van der Waals surface area contributed by atoms with Gasteiger partial charge in [0, 0.05) is 0 Å². The van der Waals surface area contributed by atoms with Crippen LogP contribution in [0.25, 0.3) is 0 Å². The van der Waals surface area contributed by atoms with Gasteiger partial charge in [-0.2, -0.15) is 0 Å². The van der Waals surface area contributed by atoms with Crippen LogP contribution in [-0.4, -0.2) is 17.7 Å². The highest BCUT2D eigenvalue weighted by Gasteiger charge is 2.08. The van der Waals surface area contributed by atoms with Gasteiger partial charge >= 0.3 is 5.97 Å². The molecular weight excluding hydrogens is 206 g/mol. The van der Waals surface area contributed by atoms with Gasteiger partial charge in [-0.15, -0.1) is 0 Å². The second-order valence-corrected chi connectivity index (χ2v) is 3.62. The SMILES string of the molecule is CCCCCOC(=O)c1ccc(N)c(O)c1. The Hall–Kier alpha value is -1.71. The van der Waals surface area contributed by atoms with E-state index in [1.54, 1.807) is 0 Å². The highest BCUT2D eigenvalue weighted by Crippen LogP contribution is 2.21. The Labute approximate surface area is 95.0 Å². The fraction of sp³-hybridized carbons (Fsp3) is 0.417. The molecule has 1 rings (SSSR count). The second kappa shape index (κ2) is 6.00. The van der Waals surface area contributed by atoms with Gasteiger partial charge in [-0.3, -0.25) is 0 Å². The topological polar surface area (TPSA) is 72.5 Å². The van der Waals surface area contributed by atoms with Crippen LogP contribution in [0, 0.1) is 0 Å². The summed E-state index contributed by atoms with van der Waals surface area (Å²) in [6.45, 7) is 2.50. The first-order valence-corrected chi connectivity index (χ1v) is 5.40. The summed E-state index contributed by atoms with van der Waals surface area (Å²) in [5.74, 6) is -0.519. The van der Waals surface area contributed by atoms with Crippen LogP contribution in [0.1, 0.15) is 36.5 Å². The standard InChI is InChI=1S/C12H17NO3/c1-2-3-4-7-16-12(15)9-5-6-10(13)11(14)8-9/h5-6,8,14H,2-4,7,13H2,1H3. The Morgan fingerprint density at radius 1 is 1.44 bits per heavy atom. The minimum Gasteiger partial charge on any atom is -0.506 e. The van der Waals surface area contributed by atoms with Gasteiger partial charge in [-0.1, -0.05) is 19.8 Å². The molecule has 88 valence electrons. The van der Waals surface area contributed by atoms with E-state index < -0.39 is 5.97 Å². The second-order valence-electron chi connectivity index (χ2n) is 3.62. The Morgan fingerprint density at radius 3 is 2.81 bits per heavy atom. The number of nitrogen functional groups attached to an aromatic ring is 1. The molecule has 16 heavy (non-hydrogen) atoms. The number of hydrogen-bond donors (Lipinski definition) is 2. The molecule has 0 aliphatic rings. The minimum atomic E-state index is -0.425. The van der Waals surface area contributed by atoms with E-state index in [2.05, 4.69) is 6.92 Å². The summed E-state index contributed by atoms with van der Waals surface area (Å²) < 4.78 is 5.03. The maximum absolute atomic E-state index is 11.5. The molecule has 4 heteroatoms. The van der Waals surface area contributed by atoms with Gasteiger partial charge in [0.2, 0.25) is 0 Å². The Kier molecular flexibility index (Phi) is 4.64. The smallest absolute Gasteiger partial charge is 0.338 e. The summed E-state index contributed by atoms with van der Waals surface area (Å²) in [6.07, 6.45) is 2.99. The quantitative estimate of drug-likeness (QED) is 0.348. The summed E-state index contributed by atoms with van der Waals surface area (Å²) in [4.78, 5) is 11.5. The number of esters is 1. The van der Waals surface area contributed by atoms with Crippen molar-refractivity contribution in [3.8, 4) is 5.75 Å². The number of phenols is 1. The molecule has 0 amide bonds. The first-order valence-electron chi connectivity index (χ1n) is 5.40. The third-order valence-electron chi connectivity index (χ3n) is 2.25. The summed E-state index contributed by atoms with van der Waals surface area (Å²) in [5, 5.41) is 9.33. The van der Waals surface area contributed by atoms with Crippen molar-refractivity contribution in [1.29, 1.82) is 0 Å². The number of anilines is 1. The Bertz CT molecular complexity index is 363. The largest absolute Gasteiger partial charge is 0.506 e. The zero-order chi connectivity index (χ0) is 12.0. The normalized spacial score (nSPS) is 10.1. The van der Waals surface area contributed by atoms with Crippen molar-refractivity contribution in [2.45, 2.75) is 26.2 Å². The monoisotopic (exact) mass is 223 g/mol. The van der Waals surface area contributed by atoms with Gasteiger partial charge in [0.25, 0.3) is 0 Å². The predicted molar refractivity (Wildman–Crippen MR) is 62.3 cm³/mol. The highest BCUT2D eigenvalue weighted by molar-refractivity contribution is 5.90. The molecule has 1 aromatic rings. The zero-order valence-corrected chi connectivity index (χ0v) is 9.40. The van der Waals surface area contributed by atoms with E-state index in [0.717, 1.165) is 19.3 Å². The lowest BCUT2D eigenvalue weighted by atomic mass is 10.2. The molecule has 0 heterocycles. The molecule has 0 saturated heterocycles. The van der Waals surface area contributed by atoms with E-state index in [0.29, 0.717) is 12.2 Å². The summed E-state index contributed by atoms with van der Waals surface area (Å²) >= 11 is 0. The van der Waals surface area contributed by atoms with E-state index in [-0.39, 0.29) is 11.4 Å². The van der Waals surface area contributed by atoms with Crippen molar-refractivity contribution in [2.75, 3.05) is 12.3 Å². The Balaban J connectivity index is 2.50. The van der Waals surface area contributed by atoms with Crippen molar-refractivity contribution < 1.29 is 14.6 Å². The fourth-order valence-electron chi connectivity index (χ4n) is 1.27. The molecule has 0 spiro atoms. The van der Waals surface area contributed by atoms with Crippen molar-refractivity contribution in [1.82, 2.24) is 0 Å². The van der Waals surface area contributed by atoms with Crippen LogP contribution in [0.3, 0.4) is 0 Å². The average molecular weight is 223 g/mol. The first-order chi connectivity index (χ1) is 7.65. The molecule has 0 bridgehead atoms. The van der Waals surface area contributed by atoms with Crippen LogP contribution in [-0.2, 0) is 4.74 Å². The first kappa shape index (κ1) is 12.4. The number of carbonyl (C=O) groups is 1. The average Bonchev–Trinajstić information content (AvgIpc) is 2.28. The number of benzene rings is 1. The van der Waals surface area contributed by atoms with Crippen molar-refractivity contribution in [3.05, 3.63) is 23.8 Å². The number of unbranched alkanes of at least 4 members (excludes halogenated alkanes) is 2. The lowest BCUT2D eigenvalue weighted by Crippen LogP contribution is -2.06. The number of ether oxygens (including phenoxy) is 1. The lowest BCUT2D eigenvalue weighted by molar-refractivity contribution is 0.0498. The highest BCUT2D eigenvalue weighted by atomic mass is 16.5. The van der Waals surface area contributed by atoms with Crippen LogP contribution in [0.4, 0.5) is 5.69 Å². The third-order valence-corrected chi connectivity index (χ3v) is 2.25. The number of phenolic OH excluding ortho intramolecular Hbond substituents is 1. The van der Waals surface area contributed by atoms with E-state index in [1.165, 1.54) is 18.2 Å². The number of rotatable bonds is 5. The zero-order valence-electron chi connectivity index (χ0n) is 9.40. The van der Waals surface area contributed by atoms with Crippen molar-refractivity contribution in [2.24, 2.45) is 0 Å². The number of carbonyl (C=O) groups excluding carboxylic acids is 1. The Morgan fingerprint density at radius 2 is 2.19 bits per heavy atom. The van der Waals surface area contributed by atoms with Crippen LogP contribution in [0.5, 0.6) is 5.75 Å². The maximum atomic E-state index is 11.5. The van der Waals surface area contributed by atoms with E-state index >= 15 is 0 Å². The van der Waals surface area contributed by atoms with Crippen LogP contribution in [0.2, 0.25) is 0 Å². The molecule has 0 unspecified atom stereocenters. The lowest BCUT2D eigenvalue weighted by Gasteiger charge is -2.05. The van der Waals surface area contributed by atoms with Crippen molar-refractivity contribution >= 4 is 11.7 Å². The molecule has 0 atom stereocenters. The number of nitrogens with two attached hydrogens (primary N) is 1. The molecule has 0 aliphatic heterocycles. The van der Waals surface area contributed by atoms with Gasteiger partial charge < -0.3 is 15.6 Å². The summed E-state index contributed by atoms with van der Waals surface area (Å²) in [5.41, 5.74) is 6.00. The summed E-state index contributed by atoms with van der Waals surface area (Å²) in [6, 6.07) is 4.34. The van der Waals surface area contributed by atoms with E-state index in [9.17, 15) is 9.90 Å². The predicted octanol–water partition coefficient (Wildman–Crippen LogP) is 2.32. The van der Waals surface area contributed by atoms with Gasteiger partial charge in [0.05, 0.1) is 17.9 Å². The molecule has 0 saturated carbocycles. The van der Waals surface area contributed by atoms with E-state index in [1.807, 2.05) is 0 Å². The fourth-order valence-corrected chi connectivity index (χ4v) is 1.27. The van der Waals surface area contributed by atoms with Crippen molar-refractivity contribution in [3.63, 3.8) is 0 Å².